The van der Waals surface area contributed by atoms with Crippen LogP contribution >= 0.6 is 63.7 Å². The van der Waals surface area contributed by atoms with Gasteiger partial charge in [-0.2, -0.15) is 0 Å². The molecule has 0 saturated carbocycles. The highest BCUT2D eigenvalue weighted by molar-refractivity contribution is 9.15. The summed E-state index contributed by atoms with van der Waals surface area (Å²) in [5, 5.41) is 0. The second-order valence-corrected chi connectivity index (χ2v) is 11.1. The van der Waals surface area contributed by atoms with E-state index in [9.17, 15) is 14.4 Å². The Balaban J connectivity index is 2.69. The van der Waals surface area contributed by atoms with Crippen molar-refractivity contribution in [2.45, 2.75) is 65.8 Å². The number of ether oxygens (including phenoxy) is 2. The van der Waals surface area contributed by atoms with Gasteiger partial charge in [0.15, 0.2) is 0 Å². The maximum absolute atomic E-state index is 13.7. The first-order valence-electron chi connectivity index (χ1n) is 10.5. The average molecular weight is 730 g/mol. The van der Waals surface area contributed by atoms with Gasteiger partial charge in [0.2, 0.25) is 0 Å². The molecule has 186 valence electrons. The Morgan fingerprint density at radius 2 is 1.09 bits per heavy atom. The van der Waals surface area contributed by atoms with E-state index in [4.69, 9.17) is 9.47 Å². The molecule has 1 aromatic carbocycles. The van der Waals surface area contributed by atoms with E-state index in [1.807, 2.05) is 13.8 Å². The Morgan fingerprint density at radius 3 is 1.35 bits per heavy atom. The highest BCUT2D eigenvalue weighted by Crippen LogP contribution is 2.43. The van der Waals surface area contributed by atoms with E-state index in [0.717, 1.165) is 0 Å². The molecule has 0 aliphatic rings. The monoisotopic (exact) mass is 726 g/mol. The average Bonchev–Trinajstić information content (AvgIpc) is 3.06. The summed E-state index contributed by atoms with van der Waals surface area (Å²) >= 11 is 14.3. The van der Waals surface area contributed by atoms with E-state index >= 15 is 0 Å². The fraction of sp³-hybridized carbons (Fsp3) is 0.435. The standard InChI is InChI=1S/C23H26Br4N2O5/c1-7-13(33-21(30)11(3)4)9-28-19-17(26)15(24)16(25)18(27)20(19)29(23(28)32)10-14(8-2)34-22(31)12(5)6/h13-14H,3,5,7-10H2,1-2,4,6H3. The molecule has 7 nitrogen and oxygen atoms in total. The van der Waals surface area contributed by atoms with Crippen molar-refractivity contribution >= 4 is 86.7 Å². The highest BCUT2D eigenvalue weighted by Gasteiger charge is 2.27. The summed E-state index contributed by atoms with van der Waals surface area (Å²) in [5.74, 6) is -1.02. The van der Waals surface area contributed by atoms with Crippen LogP contribution in [0.25, 0.3) is 11.0 Å². The van der Waals surface area contributed by atoms with Crippen molar-refractivity contribution < 1.29 is 19.1 Å². The summed E-state index contributed by atoms with van der Waals surface area (Å²) in [4.78, 5) is 37.9. The van der Waals surface area contributed by atoms with Crippen molar-refractivity contribution in [3.05, 3.63) is 52.7 Å². The summed E-state index contributed by atoms with van der Waals surface area (Å²) in [6.45, 7) is 14.4. The van der Waals surface area contributed by atoms with Crippen LogP contribution in [0.15, 0.2) is 47.0 Å². The van der Waals surface area contributed by atoms with Gasteiger partial charge < -0.3 is 9.47 Å². The number of halogens is 4. The molecule has 0 amide bonds. The van der Waals surface area contributed by atoms with Crippen LogP contribution < -0.4 is 5.69 Å². The number of benzene rings is 1. The normalized spacial score (nSPS) is 12.9. The maximum Gasteiger partial charge on any atom is 0.333 e. The smallest absolute Gasteiger partial charge is 0.333 e. The van der Waals surface area contributed by atoms with E-state index in [2.05, 4.69) is 76.9 Å². The molecule has 0 saturated heterocycles. The van der Waals surface area contributed by atoms with Crippen LogP contribution in [0.3, 0.4) is 0 Å². The number of imidazole rings is 1. The summed E-state index contributed by atoms with van der Waals surface area (Å²) in [7, 11) is 0. The Labute approximate surface area is 232 Å². The van der Waals surface area contributed by atoms with Crippen LogP contribution in [0.2, 0.25) is 0 Å². The lowest BCUT2D eigenvalue weighted by molar-refractivity contribution is -0.145. The third-order valence-electron chi connectivity index (χ3n) is 5.15. The zero-order valence-corrected chi connectivity index (χ0v) is 25.7. The van der Waals surface area contributed by atoms with Crippen LogP contribution in [0, 0.1) is 0 Å². The number of fused-ring (bicyclic) bond motifs is 1. The van der Waals surface area contributed by atoms with Gasteiger partial charge >= 0.3 is 17.6 Å². The molecule has 0 aliphatic heterocycles. The predicted molar refractivity (Wildman–Crippen MR) is 147 cm³/mol. The lowest BCUT2D eigenvalue weighted by Gasteiger charge is -2.17. The Kier molecular flexibility index (Phi) is 10.4. The minimum absolute atomic E-state index is 0.138. The second-order valence-electron chi connectivity index (χ2n) is 7.89. The molecule has 2 rings (SSSR count). The second kappa shape index (κ2) is 12.2. The minimum Gasteiger partial charge on any atom is -0.457 e. The van der Waals surface area contributed by atoms with Gasteiger partial charge in [-0.05, 0) is 90.4 Å². The Hall–Kier alpha value is -1.17. The van der Waals surface area contributed by atoms with Gasteiger partial charge in [-0.15, -0.1) is 0 Å². The molecule has 0 spiro atoms. The fourth-order valence-corrected chi connectivity index (χ4v) is 5.69. The first-order valence-corrected chi connectivity index (χ1v) is 13.7. The SMILES string of the molecule is C=C(C)C(=O)OC(CC)Cn1c(=O)n(CC(CC)OC(=O)C(=C)C)c2c(Br)c(Br)c(Br)c(Br)c21. The molecular weight excluding hydrogens is 704 g/mol. The van der Waals surface area contributed by atoms with E-state index in [-0.39, 0.29) is 29.9 Å². The third kappa shape index (κ3) is 6.14. The summed E-state index contributed by atoms with van der Waals surface area (Å²) in [5.41, 5.74) is 1.47. The molecule has 0 fully saturated rings. The molecule has 34 heavy (non-hydrogen) atoms. The summed E-state index contributed by atoms with van der Waals surface area (Å²) < 4.78 is 17.0. The lowest BCUT2D eigenvalue weighted by atomic mass is 10.2. The quantitative estimate of drug-likeness (QED) is 0.119. The van der Waals surface area contributed by atoms with E-state index in [0.29, 0.717) is 41.8 Å². The molecule has 2 atom stereocenters. The van der Waals surface area contributed by atoms with Crippen molar-refractivity contribution in [1.82, 2.24) is 9.13 Å². The van der Waals surface area contributed by atoms with Crippen molar-refractivity contribution in [3.8, 4) is 0 Å². The Morgan fingerprint density at radius 1 is 0.765 bits per heavy atom. The van der Waals surface area contributed by atoms with Crippen LogP contribution in [-0.4, -0.2) is 33.3 Å². The van der Waals surface area contributed by atoms with Crippen molar-refractivity contribution in [2.75, 3.05) is 0 Å². The number of aromatic nitrogens is 2. The Bertz CT molecular complexity index is 1120. The summed E-state index contributed by atoms with van der Waals surface area (Å²) in [6.07, 6.45) is -0.0836. The zero-order valence-electron chi connectivity index (χ0n) is 19.3. The van der Waals surface area contributed by atoms with Gasteiger partial charge in [-0.25, -0.2) is 14.4 Å². The molecule has 0 N–H and O–H groups in total. The topological polar surface area (TPSA) is 79.5 Å². The van der Waals surface area contributed by atoms with Crippen LogP contribution in [0.4, 0.5) is 0 Å². The number of esters is 2. The van der Waals surface area contributed by atoms with E-state index in [1.165, 1.54) is 0 Å². The van der Waals surface area contributed by atoms with Gasteiger partial charge in [-0.3, -0.25) is 9.13 Å². The number of nitrogens with zero attached hydrogens (tertiary/aromatic N) is 2. The van der Waals surface area contributed by atoms with E-state index in [1.54, 1.807) is 23.0 Å². The molecule has 0 bridgehead atoms. The van der Waals surface area contributed by atoms with Gasteiger partial charge in [0.1, 0.15) is 12.2 Å². The molecule has 11 heteroatoms. The third-order valence-corrected chi connectivity index (χ3v) is 9.87. The molecule has 2 aromatic rings. The lowest BCUT2D eigenvalue weighted by Crippen LogP contribution is -2.34. The van der Waals surface area contributed by atoms with Gasteiger partial charge in [0.05, 0.1) is 33.1 Å². The molecular formula is C23H26Br4N2O5. The fourth-order valence-electron chi connectivity index (χ4n) is 3.19. The molecule has 0 radical (unpaired) electrons. The first-order chi connectivity index (χ1) is 15.8. The van der Waals surface area contributed by atoms with Crippen molar-refractivity contribution in [3.63, 3.8) is 0 Å². The van der Waals surface area contributed by atoms with Gasteiger partial charge in [-0.1, -0.05) is 27.0 Å². The zero-order chi connectivity index (χ0) is 25.9. The predicted octanol–water partition coefficient (Wildman–Crippen LogP) is 6.65. The molecule has 1 aromatic heterocycles. The van der Waals surface area contributed by atoms with Crippen molar-refractivity contribution in [1.29, 1.82) is 0 Å². The highest BCUT2D eigenvalue weighted by atomic mass is 79.9. The number of hydrogen-bond acceptors (Lipinski definition) is 5. The first kappa shape index (κ1) is 29.1. The summed E-state index contributed by atoms with van der Waals surface area (Å²) in [6, 6.07) is 0. The molecule has 1 heterocycles. The van der Waals surface area contributed by atoms with Gasteiger partial charge in [0, 0.05) is 20.1 Å². The number of carbonyl (C=O) groups is 2. The molecule has 0 aliphatic carbocycles. The number of carbonyl (C=O) groups excluding carboxylic acids is 2. The number of hydrogen-bond donors (Lipinski definition) is 0. The minimum atomic E-state index is -0.544. The van der Waals surface area contributed by atoms with Crippen LogP contribution in [0.5, 0.6) is 0 Å². The molecule has 2 unspecified atom stereocenters. The van der Waals surface area contributed by atoms with Crippen LogP contribution in [-0.2, 0) is 32.2 Å². The van der Waals surface area contributed by atoms with E-state index < -0.39 is 24.1 Å². The maximum atomic E-state index is 13.7. The van der Waals surface area contributed by atoms with Gasteiger partial charge in [0.25, 0.3) is 0 Å². The van der Waals surface area contributed by atoms with Crippen LogP contribution in [0.1, 0.15) is 40.5 Å². The number of rotatable bonds is 10. The van der Waals surface area contributed by atoms with Crippen molar-refractivity contribution in [2.24, 2.45) is 0 Å². The largest absolute Gasteiger partial charge is 0.457 e.